The first kappa shape index (κ1) is 22.9. The van der Waals surface area contributed by atoms with E-state index in [9.17, 15) is 9.18 Å². The van der Waals surface area contributed by atoms with Crippen molar-refractivity contribution in [1.82, 2.24) is 14.1 Å². The number of hydrogen-bond acceptors (Lipinski definition) is 6. The van der Waals surface area contributed by atoms with Crippen molar-refractivity contribution in [1.29, 1.82) is 0 Å². The van der Waals surface area contributed by atoms with E-state index in [0.717, 1.165) is 31.7 Å². The number of aromatic nitrogens is 2. The monoisotopic (exact) mass is 480 g/mol. The van der Waals surface area contributed by atoms with Gasteiger partial charge in [-0.15, -0.1) is 0 Å². The topological polar surface area (TPSA) is 50.6 Å². The number of piperazine rings is 1. The van der Waals surface area contributed by atoms with Crippen LogP contribution in [0.3, 0.4) is 0 Å². The standard InChI is InChI=1S/C26H29FN4O2S/c1-18(2)34-30-15-13-29(14-16-30)23-17-28-31(19-7-4-3-5-8-19)26(32)25(23)33-24-12-11-20-21(24)9-6-10-22(20)27/h3-10,17-18,24H,11-16H2,1-2H3. The molecule has 178 valence electrons. The lowest BCUT2D eigenvalue weighted by Crippen LogP contribution is -2.44. The second-order valence-corrected chi connectivity index (χ2v) is 10.6. The summed E-state index contributed by atoms with van der Waals surface area (Å²) in [6, 6.07) is 14.4. The van der Waals surface area contributed by atoms with Gasteiger partial charge in [0.1, 0.15) is 17.6 Å². The van der Waals surface area contributed by atoms with E-state index in [2.05, 4.69) is 28.2 Å². The van der Waals surface area contributed by atoms with Crippen molar-refractivity contribution < 1.29 is 9.13 Å². The van der Waals surface area contributed by atoms with Gasteiger partial charge in [-0.05, 0) is 42.2 Å². The fraction of sp³-hybridized carbons (Fsp3) is 0.385. The molecule has 34 heavy (non-hydrogen) atoms. The molecule has 3 aromatic rings. The van der Waals surface area contributed by atoms with Crippen molar-refractivity contribution in [3.8, 4) is 11.4 Å². The van der Waals surface area contributed by atoms with E-state index < -0.39 is 0 Å². The Morgan fingerprint density at radius 3 is 2.56 bits per heavy atom. The lowest BCUT2D eigenvalue weighted by Gasteiger charge is -2.36. The Kier molecular flexibility index (Phi) is 6.61. The van der Waals surface area contributed by atoms with Crippen LogP contribution < -0.4 is 15.2 Å². The molecule has 1 fully saturated rings. The molecule has 5 rings (SSSR count). The van der Waals surface area contributed by atoms with Crippen LogP contribution >= 0.6 is 11.9 Å². The van der Waals surface area contributed by atoms with Crippen molar-refractivity contribution in [3.63, 3.8) is 0 Å². The minimum absolute atomic E-state index is 0.209. The molecule has 0 radical (unpaired) electrons. The molecule has 1 saturated heterocycles. The minimum Gasteiger partial charge on any atom is -0.478 e. The third kappa shape index (κ3) is 4.57. The van der Waals surface area contributed by atoms with E-state index in [1.54, 1.807) is 12.3 Å². The van der Waals surface area contributed by atoms with Gasteiger partial charge < -0.3 is 9.64 Å². The van der Waals surface area contributed by atoms with Gasteiger partial charge in [0.2, 0.25) is 5.75 Å². The van der Waals surface area contributed by atoms with E-state index in [1.165, 1.54) is 10.7 Å². The van der Waals surface area contributed by atoms with Crippen molar-refractivity contribution in [3.05, 3.63) is 82.0 Å². The van der Waals surface area contributed by atoms with Crippen LogP contribution in [0.5, 0.6) is 5.75 Å². The normalized spacial score (nSPS) is 18.4. The van der Waals surface area contributed by atoms with Crippen LogP contribution in [0.4, 0.5) is 10.1 Å². The molecule has 2 aromatic carbocycles. The Balaban J connectivity index is 1.49. The molecule has 0 saturated carbocycles. The lowest BCUT2D eigenvalue weighted by molar-refractivity contribution is 0.203. The predicted molar refractivity (Wildman–Crippen MR) is 134 cm³/mol. The van der Waals surface area contributed by atoms with E-state index in [4.69, 9.17) is 4.74 Å². The first-order valence-corrected chi connectivity index (χ1v) is 12.6. The number of anilines is 1. The summed E-state index contributed by atoms with van der Waals surface area (Å²) in [5.74, 6) is 0.0740. The summed E-state index contributed by atoms with van der Waals surface area (Å²) in [4.78, 5) is 15.8. The molecule has 2 heterocycles. The molecule has 1 aliphatic carbocycles. The van der Waals surface area contributed by atoms with Gasteiger partial charge in [0.25, 0.3) is 0 Å². The van der Waals surface area contributed by atoms with E-state index in [-0.39, 0.29) is 23.2 Å². The summed E-state index contributed by atoms with van der Waals surface area (Å²) in [6.45, 7) is 7.73. The summed E-state index contributed by atoms with van der Waals surface area (Å²) in [7, 11) is 0. The van der Waals surface area contributed by atoms with E-state index in [0.29, 0.717) is 35.0 Å². The zero-order valence-corrected chi connectivity index (χ0v) is 20.3. The molecule has 1 atom stereocenters. The van der Waals surface area contributed by atoms with Crippen LogP contribution in [0, 0.1) is 5.82 Å². The highest BCUT2D eigenvalue weighted by molar-refractivity contribution is 7.97. The maximum atomic E-state index is 14.3. The second-order valence-electron chi connectivity index (χ2n) is 8.93. The maximum Gasteiger partial charge on any atom is 0.316 e. The second kappa shape index (κ2) is 9.80. The molecule has 0 bridgehead atoms. The number of fused-ring (bicyclic) bond motifs is 1. The predicted octanol–water partition coefficient (Wildman–Crippen LogP) is 4.62. The molecule has 0 N–H and O–H groups in total. The van der Waals surface area contributed by atoms with Crippen molar-refractivity contribution in [2.24, 2.45) is 0 Å². The van der Waals surface area contributed by atoms with Crippen molar-refractivity contribution in [2.75, 3.05) is 31.1 Å². The van der Waals surface area contributed by atoms with Gasteiger partial charge >= 0.3 is 5.56 Å². The molecular weight excluding hydrogens is 451 g/mol. The quantitative estimate of drug-likeness (QED) is 0.480. The zero-order chi connectivity index (χ0) is 23.7. The highest BCUT2D eigenvalue weighted by Crippen LogP contribution is 2.38. The number of para-hydroxylation sites is 1. The molecular formula is C26H29FN4O2S. The van der Waals surface area contributed by atoms with Gasteiger partial charge in [0, 0.05) is 31.4 Å². The van der Waals surface area contributed by atoms with Crippen molar-refractivity contribution >= 4 is 17.6 Å². The third-order valence-electron chi connectivity index (χ3n) is 6.27. The highest BCUT2D eigenvalue weighted by atomic mass is 32.2. The number of hydrogen-bond donors (Lipinski definition) is 0. The summed E-state index contributed by atoms with van der Waals surface area (Å²) < 4.78 is 24.5. The van der Waals surface area contributed by atoms with Crippen LogP contribution in [0.25, 0.3) is 5.69 Å². The SMILES string of the molecule is CC(C)SN1CCN(c2cnn(-c3ccccc3)c(=O)c2OC2CCc3c(F)cccc32)CC1. The fourth-order valence-electron chi connectivity index (χ4n) is 4.69. The van der Waals surface area contributed by atoms with Gasteiger partial charge in [-0.1, -0.05) is 56.1 Å². The maximum absolute atomic E-state index is 14.3. The van der Waals surface area contributed by atoms with Crippen LogP contribution in [-0.2, 0) is 6.42 Å². The Hall–Kier alpha value is -2.84. The van der Waals surface area contributed by atoms with Crippen LogP contribution in [-0.4, -0.2) is 45.5 Å². The van der Waals surface area contributed by atoms with Gasteiger partial charge in [-0.2, -0.15) is 9.78 Å². The number of benzene rings is 2. The highest BCUT2D eigenvalue weighted by Gasteiger charge is 2.30. The molecule has 1 aromatic heterocycles. The Bertz CT molecular complexity index is 1210. The summed E-state index contributed by atoms with van der Waals surface area (Å²) in [5, 5.41) is 5.02. The minimum atomic E-state index is -0.360. The molecule has 0 amide bonds. The molecule has 0 spiro atoms. The molecule has 6 nitrogen and oxygen atoms in total. The van der Waals surface area contributed by atoms with Crippen LogP contribution in [0.1, 0.15) is 37.5 Å². The summed E-state index contributed by atoms with van der Waals surface area (Å²) >= 11 is 1.86. The van der Waals surface area contributed by atoms with Gasteiger partial charge in [0.05, 0.1) is 11.9 Å². The van der Waals surface area contributed by atoms with E-state index in [1.807, 2.05) is 48.3 Å². The van der Waals surface area contributed by atoms with Crippen LogP contribution in [0.15, 0.2) is 59.5 Å². The van der Waals surface area contributed by atoms with Crippen LogP contribution in [0.2, 0.25) is 0 Å². The summed E-state index contributed by atoms with van der Waals surface area (Å²) in [5.41, 5.74) is 2.60. The van der Waals surface area contributed by atoms with Gasteiger partial charge in [-0.25, -0.2) is 8.70 Å². The largest absolute Gasteiger partial charge is 0.478 e. The average molecular weight is 481 g/mol. The zero-order valence-electron chi connectivity index (χ0n) is 19.5. The third-order valence-corrected chi connectivity index (χ3v) is 7.36. The Morgan fingerprint density at radius 2 is 1.82 bits per heavy atom. The Morgan fingerprint density at radius 1 is 1.06 bits per heavy atom. The first-order valence-electron chi connectivity index (χ1n) is 11.8. The molecule has 1 aliphatic heterocycles. The number of rotatable bonds is 6. The van der Waals surface area contributed by atoms with Gasteiger partial charge in [0.15, 0.2) is 0 Å². The fourth-order valence-corrected chi connectivity index (χ4v) is 5.66. The summed E-state index contributed by atoms with van der Waals surface area (Å²) in [6.07, 6.45) is 2.62. The average Bonchev–Trinajstić information content (AvgIpc) is 3.25. The number of halogens is 1. The smallest absolute Gasteiger partial charge is 0.316 e. The molecule has 1 unspecified atom stereocenters. The first-order chi connectivity index (χ1) is 16.5. The van der Waals surface area contributed by atoms with E-state index >= 15 is 0 Å². The number of ether oxygens (including phenoxy) is 1. The molecule has 8 heteroatoms. The number of nitrogens with zero attached hydrogens (tertiary/aromatic N) is 4. The van der Waals surface area contributed by atoms with Crippen molar-refractivity contribution in [2.45, 2.75) is 38.0 Å². The van der Waals surface area contributed by atoms with Gasteiger partial charge in [-0.3, -0.25) is 4.79 Å². The lowest BCUT2D eigenvalue weighted by atomic mass is 10.1. The Labute approximate surface area is 203 Å². The molecule has 2 aliphatic rings.